The molecule has 2 aromatic rings. The van der Waals surface area contributed by atoms with Gasteiger partial charge in [0, 0.05) is 36.6 Å². The molecule has 7 heteroatoms. The van der Waals surface area contributed by atoms with Crippen LogP contribution in [0.2, 0.25) is 0 Å². The lowest BCUT2D eigenvalue weighted by Crippen LogP contribution is -2.51. The minimum atomic E-state index is -0.151. The highest BCUT2D eigenvalue weighted by molar-refractivity contribution is 9.10. The van der Waals surface area contributed by atoms with Crippen LogP contribution in [0.25, 0.3) is 0 Å². The topological polar surface area (TPSA) is 63.0 Å². The smallest absolute Gasteiger partial charge is 0.289 e. The van der Waals surface area contributed by atoms with Crippen molar-refractivity contribution in [2.24, 2.45) is 5.92 Å². The van der Waals surface area contributed by atoms with E-state index < -0.39 is 0 Å². The summed E-state index contributed by atoms with van der Waals surface area (Å²) in [6.45, 7) is 6.18. The number of amides is 2. The standard InChI is InChI=1S/C20H23BrN2O4/c1-14(2)19(24)22-9-11-23(12-10-22)20(25)18-8-7-17(27-18)13-26-16-5-3-15(21)4-6-16/h3-8,14H,9-13H2,1-2H3. The number of halogens is 1. The summed E-state index contributed by atoms with van der Waals surface area (Å²) in [7, 11) is 0. The molecule has 1 fully saturated rings. The van der Waals surface area contributed by atoms with Crippen molar-refractivity contribution in [3.8, 4) is 5.75 Å². The number of nitrogens with zero attached hydrogens (tertiary/aromatic N) is 2. The second-order valence-electron chi connectivity index (χ2n) is 6.78. The molecule has 0 N–H and O–H groups in total. The van der Waals surface area contributed by atoms with Crippen LogP contribution in [-0.4, -0.2) is 47.8 Å². The SMILES string of the molecule is CC(C)C(=O)N1CCN(C(=O)c2ccc(COc3ccc(Br)cc3)o2)CC1. The molecule has 0 spiro atoms. The first-order valence-electron chi connectivity index (χ1n) is 8.99. The molecule has 1 aromatic carbocycles. The molecule has 0 unspecified atom stereocenters. The Hall–Kier alpha value is -2.28. The quantitative estimate of drug-likeness (QED) is 0.721. The van der Waals surface area contributed by atoms with Gasteiger partial charge in [0.1, 0.15) is 18.1 Å². The Kier molecular flexibility index (Phi) is 6.21. The summed E-state index contributed by atoms with van der Waals surface area (Å²) in [5, 5.41) is 0. The van der Waals surface area contributed by atoms with Crippen molar-refractivity contribution in [3.05, 3.63) is 52.4 Å². The number of benzene rings is 1. The number of hydrogen-bond donors (Lipinski definition) is 0. The number of carbonyl (C=O) groups excluding carboxylic acids is 2. The minimum Gasteiger partial charge on any atom is -0.486 e. The lowest BCUT2D eigenvalue weighted by molar-refractivity contribution is -0.135. The Morgan fingerprint density at radius 3 is 2.30 bits per heavy atom. The summed E-state index contributed by atoms with van der Waals surface area (Å²) in [4.78, 5) is 28.2. The normalized spacial score (nSPS) is 14.5. The molecule has 144 valence electrons. The van der Waals surface area contributed by atoms with Gasteiger partial charge in [-0.3, -0.25) is 9.59 Å². The Morgan fingerprint density at radius 1 is 1.04 bits per heavy atom. The number of carbonyl (C=O) groups is 2. The van der Waals surface area contributed by atoms with Crippen molar-refractivity contribution >= 4 is 27.7 Å². The molecule has 0 atom stereocenters. The van der Waals surface area contributed by atoms with E-state index in [1.807, 2.05) is 43.0 Å². The summed E-state index contributed by atoms with van der Waals surface area (Å²) in [5.74, 6) is 1.58. The van der Waals surface area contributed by atoms with Gasteiger partial charge in [0.2, 0.25) is 5.91 Å². The largest absolute Gasteiger partial charge is 0.486 e. The van der Waals surface area contributed by atoms with Crippen molar-refractivity contribution in [1.29, 1.82) is 0 Å². The number of hydrogen-bond acceptors (Lipinski definition) is 4. The van der Waals surface area contributed by atoms with Crippen LogP contribution in [-0.2, 0) is 11.4 Å². The number of rotatable bonds is 5. The van der Waals surface area contributed by atoms with E-state index in [2.05, 4.69) is 15.9 Å². The predicted octanol–water partition coefficient (Wildman–Crippen LogP) is 3.56. The second kappa shape index (κ2) is 8.61. The van der Waals surface area contributed by atoms with Crippen LogP contribution in [0.5, 0.6) is 5.75 Å². The molecule has 1 aliphatic rings. The zero-order valence-corrected chi connectivity index (χ0v) is 17.1. The summed E-state index contributed by atoms with van der Waals surface area (Å²) in [6, 6.07) is 10.9. The molecule has 2 amide bonds. The molecule has 1 aliphatic heterocycles. The maximum atomic E-state index is 12.6. The van der Waals surface area contributed by atoms with E-state index in [9.17, 15) is 9.59 Å². The summed E-state index contributed by atoms with van der Waals surface area (Å²) >= 11 is 3.38. The minimum absolute atomic E-state index is 0.0226. The van der Waals surface area contributed by atoms with Crippen molar-refractivity contribution in [2.45, 2.75) is 20.5 Å². The van der Waals surface area contributed by atoms with Crippen molar-refractivity contribution in [1.82, 2.24) is 9.80 Å². The highest BCUT2D eigenvalue weighted by Crippen LogP contribution is 2.19. The van der Waals surface area contributed by atoms with Gasteiger partial charge in [0.25, 0.3) is 5.91 Å². The van der Waals surface area contributed by atoms with Crippen LogP contribution in [0.4, 0.5) is 0 Å². The van der Waals surface area contributed by atoms with E-state index in [4.69, 9.17) is 9.15 Å². The molecule has 1 saturated heterocycles. The maximum absolute atomic E-state index is 12.6. The molecule has 0 bridgehead atoms. The molecular weight excluding hydrogens is 412 g/mol. The van der Waals surface area contributed by atoms with E-state index in [1.165, 1.54) is 0 Å². The lowest BCUT2D eigenvalue weighted by Gasteiger charge is -2.35. The third-order valence-electron chi connectivity index (χ3n) is 4.44. The van der Waals surface area contributed by atoms with Gasteiger partial charge in [0.05, 0.1) is 0 Å². The first kappa shape index (κ1) is 19.5. The monoisotopic (exact) mass is 434 g/mol. The fraction of sp³-hybridized carbons (Fsp3) is 0.400. The van der Waals surface area contributed by atoms with Crippen LogP contribution in [0, 0.1) is 5.92 Å². The first-order valence-corrected chi connectivity index (χ1v) is 9.78. The molecule has 27 heavy (non-hydrogen) atoms. The van der Waals surface area contributed by atoms with Crippen LogP contribution in [0.3, 0.4) is 0 Å². The third-order valence-corrected chi connectivity index (χ3v) is 4.97. The molecule has 0 radical (unpaired) electrons. The second-order valence-corrected chi connectivity index (χ2v) is 7.70. The van der Waals surface area contributed by atoms with Gasteiger partial charge in [-0.05, 0) is 36.4 Å². The molecule has 1 aromatic heterocycles. The first-order chi connectivity index (χ1) is 12.9. The zero-order valence-electron chi connectivity index (χ0n) is 15.5. The lowest BCUT2D eigenvalue weighted by atomic mass is 10.1. The Balaban J connectivity index is 1.53. The highest BCUT2D eigenvalue weighted by atomic mass is 79.9. The van der Waals surface area contributed by atoms with E-state index >= 15 is 0 Å². The van der Waals surface area contributed by atoms with Crippen LogP contribution in [0.1, 0.15) is 30.2 Å². The summed E-state index contributed by atoms with van der Waals surface area (Å²) in [5.41, 5.74) is 0. The molecular formula is C20H23BrN2O4. The van der Waals surface area contributed by atoms with Crippen molar-refractivity contribution in [2.75, 3.05) is 26.2 Å². The number of furan rings is 1. The van der Waals surface area contributed by atoms with E-state index in [0.29, 0.717) is 37.7 Å². The number of ether oxygens (including phenoxy) is 1. The predicted molar refractivity (Wildman–Crippen MR) is 105 cm³/mol. The van der Waals surface area contributed by atoms with E-state index in [-0.39, 0.29) is 24.3 Å². The van der Waals surface area contributed by atoms with Gasteiger partial charge >= 0.3 is 0 Å². The molecule has 0 saturated carbocycles. The average molecular weight is 435 g/mol. The van der Waals surface area contributed by atoms with Crippen molar-refractivity contribution < 1.29 is 18.7 Å². The van der Waals surface area contributed by atoms with Crippen LogP contribution < -0.4 is 4.74 Å². The fourth-order valence-electron chi connectivity index (χ4n) is 2.91. The fourth-order valence-corrected chi connectivity index (χ4v) is 3.17. The zero-order chi connectivity index (χ0) is 19.4. The summed E-state index contributed by atoms with van der Waals surface area (Å²) < 4.78 is 12.3. The molecule has 2 heterocycles. The Bertz CT molecular complexity index is 793. The molecule has 0 aliphatic carbocycles. The van der Waals surface area contributed by atoms with Gasteiger partial charge < -0.3 is 19.0 Å². The number of piperazine rings is 1. The van der Waals surface area contributed by atoms with Gasteiger partial charge in [0.15, 0.2) is 5.76 Å². The van der Waals surface area contributed by atoms with Gasteiger partial charge in [-0.25, -0.2) is 0 Å². The molecule has 6 nitrogen and oxygen atoms in total. The van der Waals surface area contributed by atoms with Gasteiger partial charge in [-0.1, -0.05) is 29.8 Å². The average Bonchev–Trinajstić information content (AvgIpc) is 3.15. The Morgan fingerprint density at radius 2 is 1.67 bits per heavy atom. The van der Waals surface area contributed by atoms with Gasteiger partial charge in [-0.2, -0.15) is 0 Å². The summed E-state index contributed by atoms with van der Waals surface area (Å²) in [6.07, 6.45) is 0. The van der Waals surface area contributed by atoms with E-state index in [1.54, 1.807) is 17.0 Å². The third kappa shape index (κ3) is 4.91. The van der Waals surface area contributed by atoms with Gasteiger partial charge in [-0.15, -0.1) is 0 Å². The Labute approximate surface area is 167 Å². The van der Waals surface area contributed by atoms with E-state index in [0.717, 1.165) is 10.2 Å². The van der Waals surface area contributed by atoms with Crippen LogP contribution in [0.15, 0.2) is 45.3 Å². The maximum Gasteiger partial charge on any atom is 0.289 e. The van der Waals surface area contributed by atoms with Crippen LogP contribution >= 0.6 is 15.9 Å². The van der Waals surface area contributed by atoms with Crippen molar-refractivity contribution in [3.63, 3.8) is 0 Å². The highest BCUT2D eigenvalue weighted by Gasteiger charge is 2.27. The molecule has 3 rings (SSSR count).